The van der Waals surface area contributed by atoms with Gasteiger partial charge in [0.25, 0.3) is 10.0 Å². The second kappa shape index (κ2) is 6.97. The molecule has 2 aliphatic rings. The maximum atomic E-state index is 12.6. The number of hydrogen-bond acceptors (Lipinski definition) is 6. The number of rotatable bonds is 4. The monoisotopic (exact) mass is 403 g/mol. The molecule has 0 saturated carbocycles. The Kier molecular flexibility index (Phi) is 4.62. The lowest BCUT2D eigenvalue weighted by molar-refractivity contribution is 0.137. The van der Waals surface area contributed by atoms with Gasteiger partial charge in [-0.05, 0) is 25.1 Å². The zero-order chi connectivity index (χ0) is 19.9. The summed E-state index contributed by atoms with van der Waals surface area (Å²) in [5.41, 5.74) is 2.46. The van der Waals surface area contributed by atoms with Crippen molar-refractivity contribution in [1.29, 1.82) is 0 Å². The molecule has 0 unspecified atom stereocenters. The van der Waals surface area contributed by atoms with Gasteiger partial charge >= 0.3 is 6.09 Å². The van der Waals surface area contributed by atoms with Gasteiger partial charge in [-0.2, -0.15) is 13.5 Å². The van der Waals surface area contributed by atoms with Crippen molar-refractivity contribution in [3.8, 4) is 0 Å². The molecule has 1 aromatic carbocycles. The molecule has 8 nitrogen and oxygen atoms in total. The van der Waals surface area contributed by atoms with Gasteiger partial charge in [-0.25, -0.2) is 9.63 Å². The first kappa shape index (κ1) is 18.5. The molecular formula is C19H21N3O5S. The first-order chi connectivity index (χ1) is 13.4. The normalized spacial score (nSPS) is 26.2. The van der Waals surface area contributed by atoms with E-state index in [1.807, 2.05) is 13.8 Å². The molecular weight excluding hydrogens is 382 g/mol. The summed E-state index contributed by atoms with van der Waals surface area (Å²) < 4.78 is 35.5. The van der Waals surface area contributed by atoms with Gasteiger partial charge in [0.1, 0.15) is 6.61 Å². The molecule has 2 fully saturated rings. The number of aryl methyl sites for hydroxylation is 1. The van der Waals surface area contributed by atoms with Crippen molar-refractivity contribution in [2.75, 3.05) is 6.61 Å². The van der Waals surface area contributed by atoms with Crippen molar-refractivity contribution in [3.63, 3.8) is 0 Å². The number of hydrogen-bond donors (Lipinski definition) is 1. The van der Waals surface area contributed by atoms with Gasteiger partial charge in [0.05, 0.1) is 29.5 Å². The Morgan fingerprint density at radius 3 is 2.64 bits per heavy atom. The largest absolute Gasteiger partial charge is 0.472 e. The number of amides is 1. The van der Waals surface area contributed by atoms with Crippen LogP contribution >= 0.6 is 0 Å². The fourth-order valence-electron chi connectivity index (χ4n) is 3.67. The van der Waals surface area contributed by atoms with E-state index in [2.05, 4.69) is 9.93 Å². The minimum Gasteiger partial charge on any atom is -0.472 e. The van der Waals surface area contributed by atoms with Crippen LogP contribution < -0.4 is 4.83 Å². The van der Waals surface area contributed by atoms with E-state index in [0.29, 0.717) is 12.1 Å². The fourth-order valence-corrected chi connectivity index (χ4v) is 4.51. The highest BCUT2D eigenvalue weighted by Gasteiger charge is 2.47. The molecule has 2 aliphatic heterocycles. The Labute approximate surface area is 163 Å². The van der Waals surface area contributed by atoms with Crippen molar-refractivity contribution in [1.82, 2.24) is 9.73 Å². The van der Waals surface area contributed by atoms with Crippen molar-refractivity contribution in [2.24, 2.45) is 11.0 Å². The molecule has 2 saturated heterocycles. The van der Waals surface area contributed by atoms with Crippen LogP contribution in [0.4, 0.5) is 4.79 Å². The lowest BCUT2D eigenvalue weighted by Gasteiger charge is -2.39. The van der Waals surface area contributed by atoms with Gasteiger partial charge in [0, 0.05) is 23.6 Å². The highest BCUT2D eigenvalue weighted by atomic mass is 32.2. The highest BCUT2D eigenvalue weighted by molar-refractivity contribution is 7.89. The number of carbonyl (C=O) groups is 1. The summed E-state index contributed by atoms with van der Waals surface area (Å²) >= 11 is 0. The van der Waals surface area contributed by atoms with Crippen LogP contribution in [0.2, 0.25) is 0 Å². The summed E-state index contributed by atoms with van der Waals surface area (Å²) in [5.74, 6) is -0.143. The Bertz CT molecular complexity index is 999. The van der Waals surface area contributed by atoms with Crippen molar-refractivity contribution < 1.29 is 22.4 Å². The number of hydrazone groups is 1. The lowest BCUT2D eigenvalue weighted by atomic mass is 9.84. The molecule has 0 bridgehead atoms. The average molecular weight is 403 g/mol. The Hall–Kier alpha value is -2.81. The average Bonchev–Trinajstić information content (AvgIpc) is 3.32. The number of cyclic esters (lactones) is 1. The quantitative estimate of drug-likeness (QED) is 0.791. The third-order valence-corrected chi connectivity index (χ3v) is 6.58. The summed E-state index contributed by atoms with van der Waals surface area (Å²) in [6, 6.07) is 7.83. The topological polar surface area (TPSA) is 101 Å². The van der Waals surface area contributed by atoms with Gasteiger partial charge in [-0.15, -0.1) is 0 Å². The van der Waals surface area contributed by atoms with E-state index in [0.717, 1.165) is 11.1 Å². The van der Waals surface area contributed by atoms with Crippen LogP contribution in [-0.4, -0.2) is 37.8 Å². The van der Waals surface area contributed by atoms with Gasteiger partial charge < -0.3 is 9.15 Å². The maximum Gasteiger partial charge on any atom is 0.410 e. The number of nitrogens with one attached hydrogen (secondary N) is 1. The fraction of sp³-hybridized carbons (Fsp3) is 0.368. The second-order valence-corrected chi connectivity index (χ2v) is 8.79. The van der Waals surface area contributed by atoms with E-state index in [4.69, 9.17) is 9.15 Å². The third kappa shape index (κ3) is 3.26. The van der Waals surface area contributed by atoms with Crippen LogP contribution in [0.3, 0.4) is 0 Å². The van der Waals surface area contributed by atoms with E-state index in [9.17, 15) is 13.2 Å². The molecule has 1 aromatic heterocycles. The van der Waals surface area contributed by atoms with E-state index < -0.39 is 10.0 Å². The number of carbonyl (C=O) groups excluding carboxylic acids is 1. The number of nitrogens with zero attached hydrogens (tertiary/aromatic N) is 2. The van der Waals surface area contributed by atoms with Crippen LogP contribution in [0.1, 0.15) is 30.5 Å². The van der Waals surface area contributed by atoms with Gasteiger partial charge in [0.2, 0.25) is 0 Å². The zero-order valence-corrected chi connectivity index (χ0v) is 16.3. The number of ether oxygens (including phenoxy) is 1. The van der Waals surface area contributed by atoms with Gasteiger partial charge in [-0.3, -0.25) is 4.90 Å². The molecule has 3 atom stereocenters. The molecule has 1 amide bonds. The van der Waals surface area contributed by atoms with E-state index >= 15 is 0 Å². The molecule has 3 heterocycles. The molecule has 2 aromatic rings. The van der Waals surface area contributed by atoms with Crippen LogP contribution in [0.5, 0.6) is 0 Å². The van der Waals surface area contributed by atoms with Crippen LogP contribution in [-0.2, 0) is 14.8 Å². The van der Waals surface area contributed by atoms with Crippen molar-refractivity contribution in [3.05, 3.63) is 54.0 Å². The molecule has 28 heavy (non-hydrogen) atoms. The maximum absolute atomic E-state index is 12.6. The summed E-state index contributed by atoms with van der Waals surface area (Å²) in [7, 11) is -3.77. The molecule has 0 spiro atoms. The summed E-state index contributed by atoms with van der Waals surface area (Å²) in [6.07, 6.45) is 3.14. The molecule has 9 heteroatoms. The van der Waals surface area contributed by atoms with Gasteiger partial charge in [0.15, 0.2) is 0 Å². The summed E-state index contributed by atoms with van der Waals surface area (Å²) in [4.78, 5) is 16.4. The molecule has 0 radical (unpaired) electrons. The van der Waals surface area contributed by atoms with E-state index in [1.54, 1.807) is 47.8 Å². The first-order valence-electron chi connectivity index (χ1n) is 8.99. The molecule has 0 aliphatic carbocycles. The second-order valence-electron chi connectivity index (χ2n) is 7.13. The minimum atomic E-state index is -3.77. The van der Waals surface area contributed by atoms with Gasteiger partial charge in [-0.1, -0.05) is 24.6 Å². The summed E-state index contributed by atoms with van der Waals surface area (Å²) in [6.45, 7) is 4.06. The number of piperidine rings is 1. The first-order valence-corrected chi connectivity index (χ1v) is 10.5. The number of fused-ring (bicyclic) bond motifs is 1. The van der Waals surface area contributed by atoms with Crippen LogP contribution in [0, 0.1) is 12.8 Å². The van der Waals surface area contributed by atoms with Crippen LogP contribution in [0.15, 0.2) is 57.3 Å². The predicted molar refractivity (Wildman–Crippen MR) is 101 cm³/mol. The van der Waals surface area contributed by atoms with Crippen LogP contribution in [0.25, 0.3) is 0 Å². The number of sulfonamides is 1. The Morgan fingerprint density at radius 2 is 1.96 bits per heavy atom. The lowest BCUT2D eigenvalue weighted by Crippen LogP contribution is -2.49. The molecule has 148 valence electrons. The standard InChI is InChI=1S/C19H21N3O5S/c1-12-3-5-15(6-4-12)28(24,25)21-20-16-9-17(14-7-8-26-10-14)22-18(13(16)2)11-27-19(22)23/h3-8,10,13,17-18,21H,9,11H2,1-2H3/b20-16+/t13-,17+,18+/m1/s1. The van der Waals surface area contributed by atoms with Crippen molar-refractivity contribution in [2.45, 2.75) is 37.2 Å². The Balaban J connectivity index is 1.61. The van der Waals surface area contributed by atoms with E-state index in [-0.39, 0.29) is 35.6 Å². The number of benzene rings is 1. The van der Waals surface area contributed by atoms with Crippen molar-refractivity contribution >= 4 is 21.8 Å². The molecule has 4 rings (SSSR count). The SMILES string of the molecule is Cc1ccc(S(=O)(=O)N/N=C2\C[C@@H](c3ccoc3)N3C(=O)OC[C@H]3[C@@H]2C)cc1. The smallest absolute Gasteiger partial charge is 0.410 e. The highest BCUT2D eigenvalue weighted by Crippen LogP contribution is 2.39. The van der Waals surface area contributed by atoms with E-state index in [1.165, 1.54) is 0 Å². The Morgan fingerprint density at radius 1 is 1.21 bits per heavy atom. The zero-order valence-electron chi connectivity index (χ0n) is 15.5. The summed E-state index contributed by atoms with van der Waals surface area (Å²) in [5, 5.41) is 4.23. The number of furan rings is 1. The predicted octanol–water partition coefficient (Wildman–Crippen LogP) is 2.82. The molecule has 1 N–H and O–H groups in total. The third-order valence-electron chi connectivity index (χ3n) is 5.36. The minimum absolute atomic E-state index is 0.143.